The molecule has 2 heterocycles. The molecule has 0 aromatic heterocycles. The molecule has 2 amide bonds. The SMILES string of the molecule is CC[C@@H](CC(=O)N1CC2CCC1(C(=O)O)CC2)NC(=O)OCC1c2ccccc2-c2ccccc21. The molecular weight excluding hydrogens is 444 g/mol. The van der Waals surface area contributed by atoms with Crippen molar-refractivity contribution in [1.82, 2.24) is 10.2 Å². The maximum absolute atomic E-state index is 13.2. The third-order valence-corrected chi connectivity index (χ3v) is 8.17. The summed E-state index contributed by atoms with van der Waals surface area (Å²) >= 11 is 0. The topological polar surface area (TPSA) is 95.9 Å². The van der Waals surface area contributed by atoms with Crippen LogP contribution in [0, 0.1) is 5.92 Å². The van der Waals surface area contributed by atoms with Crippen LogP contribution in [-0.2, 0) is 14.3 Å². The van der Waals surface area contributed by atoms with E-state index in [1.54, 1.807) is 4.90 Å². The Bertz CT molecular complexity index is 1090. The molecule has 2 N–H and O–H groups in total. The number of amides is 2. The molecule has 0 unspecified atom stereocenters. The Morgan fingerprint density at radius 3 is 2.23 bits per heavy atom. The summed E-state index contributed by atoms with van der Waals surface area (Å²) in [6.45, 7) is 2.60. The molecule has 3 fully saturated rings. The fraction of sp³-hybridized carbons (Fsp3) is 0.464. The Morgan fingerprint density at radius 1 is 1.06 bits per heavy atom. The summed E-state index contributed by atoms with van der Waals surface area (Å²) in [7, 11) is 0. The van der Waals surface area contributed by atoms with Gasteiger partial charge in [0.2, 0.25) is 5.91 Å². The number of hydrogen-bond acceptors (Lipinski definition) is 4. The maximum atomic E-state index is 13.2. The minimum atomic E-state index is -1.09. The van der Waals surface area contributed by atoms with E-state index in [-0.39, 0.29) is 24.9 Å². The third-order valence-electron chi connectivity index (χ3n) is 8.17. The molecule has 2 aliphatic heterocycles. The molecule has 0 radical (unpaired) electrons. The van der Waals surface area contributed by atoms with E-state index in [0.29, 0.717) is 31.7 Å². The van der Waals surface area contributed by atoms with Gasteiger partial charge in [-0.05, 0) is 60.3 Å². The fourth-order valence-corrected chi connectivity index (χ4v) is 6.14. The van der Waals surface area contributed by atoms with Crippen molar-refractivity contribution in [1.29, 1.82) is 0 Å². The lowest BCUT2D eigenvalue weighted by molar-refractivity contribution is -0.170. The molecule has 1 atom stereocenters. The first-order chi connectivity index (χ1) is 16.9. The minimum Gasteiger partial charge on any atom is -0.479 e. The summed E-state index contributed by atoms with van der Waals surface area (Å²) in [6, 6.07) is 15.9. The number of carboxylic acid groups (broad SMARTS) is 1. The van der Waals surface area contributed by atoms with E-state index in [4.69, 9.17) is 4.74 Å². The lowest BCUT2D eigenvalue weighted by Gasteiger charge is -2.52. The van der Waals surface area contributed by atoms with Gasteiger partial charge in [0.1, 0.15) is 12.1 Å². The Kier molecular flexibility index (Phi) is 6.26. The standard InChI is InChI=1S/C28H32N2O5/c1-2-19(15-25(31)30-16-18-11-13-28(30,14-12-18)26(32)33)29-27(34)35-17-24-22-9-5-3-7-20(22)21-8-4-6-10-23(21)24/h3-10,18-19,24H,2,11-17H2,1H3,(H,29,34)(H,32,33)/t18?,19-,28?/m0/s1. The molecule has 6 rings (SSSR count). The van der Waals surface area contributed by atoms with E-state index >= 15 is 0 Å². The highest BCUT2D eigenvalue weighted by Crippen LogP contribution is 2.45. The van der Waals surface area contributed by atoms with Gasteiger partial charge in [-0.2, -0.15) is 0 Å². The zero-order valence-corrected chi connectivity index (χ0v) is 20.0. The zero-order valence-electron chi connectivity index (χ0n) is 20.0. The van der Waals surface area contributed by atoms with Gasteiger partial charge in [-0.15, -0.1) is 0 Å². The number of ether oxygens (including phenoxy) is 1. The van der Waals surface area contributed by atoms with Crippen LogP contribution >= 0.6 is 0 Å². The smallest absolute Gasteiger partial charge is 0.407 e. The summed E-state index contributed by atoms with van der Waals surface area (Å²) in [5.74, 6) is -0.784. The van der Waals surface area contributed by atoms with Gasteiger partial charge < -0.3 is 20.1 Å². The normalized spacial score (nSPS) is 23.3. The second kappa shape index (κ2) is 9.36. The van der Waals surface area contributed by atoms with Crippen molar-refractivity contribution in [2.75, 3.05) is 13.2 Å². The second-order valence-electron chi connectivity index (χ2n) is 10.1. The van der Waals surface area contributed by atoms with Crippen molar-refractivity contribution < 1.29 is 24.2 Å². The van der Waals surface area contributed by atoms with E-state index in [1.807, 2.05) is 31.2 Å². The number of carbonyl (C=O) groups excluding carboxylic acids is 2. The molecule has 2 bridgehead atoms. The van der Waals surface area contributed by atoms with E-state index in [0.717, 1.165) is 35.1 Å². The lowest BCUT2D eigenvalue weighted by Crippen LogP contribution is -2.64. The number of alkyl carbamates (subject to hydrolysis) is 1. The van der Waals surface area contributed by atoms with E-state index in [2.05, 4.69) is 29.6 Å². The Morgan fingerprint density at radius 2 is 1.66 bits per heavy atom. The Hall–Kier alpha value is -3.35. The van der Waals surface area contributed by atoms with Crippen LogP contribution in [0.5, 0.6) is 0 Å². The molecule has 2 aliphatic carbocycles. The Balaban J connectivity index is 1.21. The summed E-state index contributed by atoms with van der Waals surface area (Å²) in [5, 5.41) is 12.7. The van der Waals surface area contributed by atoms with Crippen molar-refractivity contribution >= 4 is 18.0 Å². The number of nitrogens with zero attached hydrogens (tertiary/aromatic N) is 1. The number of piperidine rings is 2. The minimum absolute atomic E-state index is 0.0332. The fourth-order valence-electron chi connectivity index (χ4n) is 6.14. The molecule has 2 aromatic carbocycles. The van der Waals surface area contributed by atoms with Crippen LogP contribution in [0.3, 0.4) is 0 Å². The van der Waals surface area contributed by atoms with Crippen molar-refractivity contribution in [3.63, 3.8) is 0 Å². The highest BCUT2D eigenvalue weighted by Gasteiger charge is 2.53. The predicted octanol–water partition coefficient (Wildman–Crippen LogP) is 4.55. The number of benzene rings is 2. The maximum Gasteiger partial charge on any atom is 0.407 e. The predicted molar refractivity (Wildman–Crippen MR) is 131 cm³/mol. The molecule has 7 nitrogen and oxygen atoms in total. The molecule has 4 aliphatic rings. The van der Waals surface area contributed by atoms with Crippen molar-refractivity contribution in [3.8, 4) is 11.1 Å². The van der Waals surface area contributed by atoms with Crippen LogP contribution in [0.1, 0.15) is 62.5 Å². The number of nitrogens with one attached hydrogen (secondary N) is 1. The van der Waals surface area contributed by atoms with E-state index in [9.17, 15) is 19.5 Å². The number of fused-ring (bicyclic) bond motifs is 6. The monoisotopic (exact) mass is 476 g/mol. The van der Waals surface area contributed by atoms with Gasteiger partial charge in [-0.3, -0.25) is 4.79 Å². The van der Waals surface area contributed by atoms with Gasteiger partial charge in [0, 0.05) is 24.9 Å². The summed E-state index contributed by atoms with van der Waals surface area (Å²) in [4.78, 5) is 39.5. The summed E-state index contributed by atoms with van der Waals surface area (Å²) < 4.78 is 5.64. The average molecular weight is 477 g/mol. The van der Waals surface area contributed by atoms with Gasteiger partial charge in [-0.1, -0.05) is 55.5 Å². The number of carboxylic acids is 1. The lowest BCUT2D eigenvalue weighted by atomic mass is 9.70. The van der Waals surface area contributed by atoms with Crippen molar-refractivity contribution in [2.24, 2.45) is 5.92 Å². The van der Waals surface area contributed by atoms with Crippen LogP contribution in [0.15, 0.2) is 48.5 Å². The first kappa shape index (κ1) is 23.4. The first-order valence-electron chi connectivity index (χ1n) is 12.6. The van der Waals surface area contributed by atoms with Crippen LogP contribution < -0.4 is 5.32 Å². The molecule has 184 valence electrons. The first-order valence-corrected chi connectivity index (χ1v) is 12.6. The van der Waals surface area contributed by atoms with Crippen LogP contribution in [0.25, 0.3) is 11.1 Å². The third kappa shape index (κ3) is 4.17. The quantitative estimate of drug-likeness (QED) is 0.611. The summed E-state index contributed by atoms with van der Waals surface area (Å²) in [6.07, 6.45) is 2.79. The van der Waals surface area contributed by atoms with E-state index in [1.165, 1.54) is 0 Å². The molecule has 0 spiro atoms. The number of hydrogen-bond donors (Lipinski definition) is 2. The van der Waals surface area contributed by atoms with Gasteiger partial charge in [0.05, 0.1) is 0 Å². The van der Waals surface area contributed by atoms with Crippen molar-refractivity contribution in [3.05, 3.63) is 59.7 Å². The second-order valence-corrected chi connectivity index (χ2v) is 10.1. The number of carbonyl (C=O) groups is 3. The molecular formula is C28H32N2O5. The van der Waals surface area contributed by atoms with Crippen LogP contribution in [0.4, 0.5) is 4.79 Å². The van der Waals surface area contributed by atoms with Gasteiger partial charge in [0.15, 0.2) is 0 Å². The van der Waals surface area contributed by atoms with Gasteiger partial charge >= 0.3 is 12.1 Å². The zero-order chi connectivity index (χ0) is 24.6. The van der Waals surface area contributed by atoms with Crippen LogP contribution in [0.2, 0.25) is 0 Å². The van der Waals surface area contributed by atoms with Crippen molar-refractivity contribution in [2.45, 2.75) is 62.9 Å². The largest absolute Gasteiger partial charge is 0.479 e. The molecule has 35 heavy (non-hydrogen) atoms. The highest BCUT2D eigenvalue weighted by atomic mass is 16.5. The average Bonchev–Trinajstić information content (AvgIpc) is 3.21. The van der Waals surface area contributed by atoms with Gasteiger partial charge in [-0.25, -0.2) is 9.59 Å². The number of aliphatic carboxylic acids is 1. The van der Waals surface area contributed by atoms with Crippen LogP contribution in [-0.4, -0.2) is 52.7 Å². The number of rotatable bonds is 7. The van der Waals surface area contributed by atoms with E-state index < -0.39 is 23.6 Å². The molecule has 2 aromatic rings. The molecule has 2 saturated heterocycles. The highest BCUT2D eigenvalue weighted by molar-refractivity contribution is 5.88. The summed E-state index contributed by atoms with van der Waals surface area (Å²) in [5.41, 5.74) is 3.52. The van der Waals surface area contributed by atoms with Gasteiger partial charge in [0.25, 0.3) is 0 Å². The molecule has 7 heteroatoms. The molecule has 1 saturated carbocycles. The Labute approximate surface area is 205 Å².